The fourth-order valence-corrected chi connectivity index (χ4v) is 3.17. The molecule has 0 saturated carbocycles. The van der Waals surface area contributed by atoms with Gasteiger partial charge < -0.3 is 15.6 Å². The topological polar surface area (TPSA) is 79.2 Å². The number of aromatic amines is 1. The Morgan fingerprint density at radius 1 is 1.27 bits per heavy atom. The molecule has 114 valence electrons. The van der Waals surface area contributed by atoms with E-state index in [1.807, 2.05) is 30.3 Å². The molecule has 2 aromatic rings. The number of H-pyrrole nitrogens is 1. The number of hydrogen-bond acceptors (Lipinski definition) is 3. The monoisotopic (exact) mass is 361 g/mol. The summed E-state index contributed by atoms with van der Waals surface area (Å²) in [5.74, 6) is 0.0159. The summed E-state index contributed by atoms with van der Waals surface area (Å²) >= 11 is 3.14. The van der Waals surface area contributed by atoms with Crippen molar-refractivity contribution in [3.63, 3.8) is 0 Å². The second kappa shape index (κ2) is 6.06. The minimum atomic E-state index is -0.253. The van der Waals surface area contributed by atoms with Crippen LogP contribution in [0.25, 0.3) is 0 Å². The largest absolute Gasteiger partial charge is 0.336 e. The highest BCUT2D eigenvalue weighted by Gasteiger charge is 2.34. The molecule has 0 spiro atoms. The maximum Gasteiger partial charge on any atom is 0.262 e. The van der Waals surface area contributed by atoms with Crippen molar-refractivity contribution in [1.82, 2.24) is 9.88 Å². The third-order valence-electron chi connectivity index (χ3n) is 3.98. The van der Waals surface area contributed by atoms with E-state index in [4.69, 9.17) is 5.73 Å². The third-order valence-corrected chi connectivity index (χ3v) is 4.57. The van der Waals surface area contributed by atoms with E-state index in [0.29, 0.717) is 23.1 Å². The number of halogens is 1. The summed E-state index contributed by atoms with van der Waals surface area (Å²) in [6.07, 6.45) is 1.44. The molecule has 0 unspecified atom stereocenters. The van der Waals surface area contributed by atoms with E-state index in [1.165, 1.54) is 6.20 Å². The number of nitrogens with zero attached hydrogens (tertiary/aromatic N) is 1. The van der Waals surface area contributed by atoms with Crippen molar-refractivity contribution >= 4 is 21.8 Å². The number of nitrogens with one attached hydrogen (secondary N) is 1. The van der Waals surface area contributed by atoms with Crippen LogP contribution in [0, 0.1) is 0 Å². The highest BCUT2D eigenvalue weighted by Crippen LogP contribution is 2.27. The zero-order valence-corrected chi connectivity index (χ0v) is 13.4. The van der Waals surface area contributed by atoms with Gasteiger partial charge in [0.25, 0.3) is 11.5 Å². The van der Waals surface area contributed by atoms with Crippen LogP contribution in [0.15, 0.2) is 51.9 Å². The van der Waals surface area contributed by atoms with Crippen LogP contribution in [0.2, 0.25) is 0 Å². The van der Waals surface area contributed by atoms with Gasteiger partial charge in [-0.25, -0.2) is 0 Å². The quantitative estimate of drug-likeness (QED) is 0.854. The molecule has 0 radical (unpaired) electrons. The lowest BCUT2D eigenvalue weighted by Gasteiger charge is -2.16. The molecule has 1 amide bonds. The smallest absolute Gasteiger partial charge is 0.262 e. The molecule has 3 N–H and O–H groups in total. The van der Waals surface area contributed by atoms with Crippen LogP contribution in [0.4, 0.5) is 0 Å². The molecule has 0 bridgehead atoms. The van der Waals surface area contributed by atoms with Gasteiger partial charge in [0.05, 0.1) is 10.0 Å². The molecule has 1 aliphatic heterocycles. The fraction of sp³-hybridized carbons (Fsp3) is 0.250. The van der Waals surface area contributed by atoms with Gasteiger partial charge in [-0.2, -0.15) is 0 Å². The molecule has 5 nitrogen and oxygen atoms in total. The Balaban J connectivity index is 1.80. The Hall–Kier alpha value is -1.92. The SMILES string of the molecule is N[C@@H]1CN(C(=O)c2c[nH]c(=O)c(Br)c2)C[C@H]1c1ccccc1. The summed E-state index contributed by atoms with van der Waals surface area (Å²) in [4.78, 5) is 28.2. The van der Waals surface area contributed by atoms with Gasteiger partial charge in [0.15, 0.2) is 0 Å². The number of nitrogens with two attached hydrogens (primary N) is 1. The average Bonchev–Trinajstić information content (AvgIpc) is 2.92. The zero-order valence-electron chi connectivity index (χ0n) is 11.8. The number of rotatable bonds is 2. The zero-order chi connectivity index (χ0) is 15.7. The lowest BCUT2D eigenvalue weighted by molar-refractivity contribution is 0.0788. The first-order chi connectivity index (χ1) is 10.6. The summed E-state index contributed by atoms with van der Waals surface area (Å²) in [6, 6.07) is 11.5. The van der Waals surface area contributed by atoms with Crippen molar-refractivity contribution in [3.8, 4) is 0 Å². The van der Waals surface area contributed by atoms with Crippen LogP contribution in [-0.2, 0) is 0 Å². The first kappa shape index (κ1) is 15.0. The molecule has 1 aromatic heterocycles. The molecule has 1 fully saturated rings. The molecular formula is C16H16BrN3O2. The van der Waals surface area contributed by atoms with Crippen molar-refractivity contribution in [2.75, 3.05) is 13.1 Å². The maximum atomic E-state index is 12.6. The van der Waals surface area contributed by atoms with E-state index in [1.54, 1.807) is 11.0 Å². The standard InChI is InChI=1S/C16H16BrN3O2/c17-13-6-11(7-19-15(13)21)16(22)20-8-12(14(18)9-20)10-4-2-1-3-5-10/h1-7,12,14H,8-9,18H2,(H,19,21)/t12-,14+/m0/s1. The van der Waals surface area contributed by atoms with Gasteiger partial charge in [-0.1, -0.05) is 30.3 Å². The second-order valence-electron chi connectivity index (χ2n) is 5.46. The minimum absolute atomic E-state index is 0.0856. The lowest BCUT2D eigenvalue weighted by Crippen LogP contribution is -2.32. The Bertz CT molecular complexity index is 745. The Morgan fingerprint density at radius 3 is 2.68 bits per heavy atom. The van der Waals surface area contributed by atoms with Crippen molar-refractivity contribution in [3.05, 3.63) is 68.5 Å². The van der Waals surface area contributed by atoms with E-state index >= 15 is 0 Å². The predicted octanol–water partition coefficient (Wildman–Crippen LogP) is 1.70. The summed E-state index contributed by atoms with van der Waals surface area (Å²) in [5.41, 5.74) is 7.55. The normalized spacial score (nSPS) is 21.1. The van der Waals surface area contributed by atoms with Crippen molar-refractivity contribution in [2.45, 2.75) is 12.0 Å². The Kier molecular flexibility index (Phi) is 4.13. The number of aromatic nitrogens is 1. The number of likely N-dealkylation sites (tertiary alicyclic amines) is 1. The van der Waals surface area contributed by atoms with Crippen LogP contribution in [-0.4, -0.2) is 34.9 Å². The first-order valence-electron chi connectivity index (χ1n) is 7.04. The van der Waals surface area contributed by atoms with Gasteiger partial charge in [0.2, 0.25) is 0 Å². The van der Waals surface area contributed by atoms with Gasteiger partial charge in [0.1, 0.15) is 0 Å². The number of benzene rings is 1. The minimum Gasteiger partial charge on any atom is -0.336 e. The molecule has 2 heterocycles. The van der Waals surface area contributed by atoms with E-state index in [2.05, 4.69) is 20.9 Å². The van der Waals surface area contributed by atoms with Gasteiger partial charge in [-0.05, 0) is 27.6 Å². The van der Waals surface area contributed by atoms with E-state index in [9.17, 15) is 9.59 Å². The van der Waals surface area contributed by atoms with Crippen LogP contribution in [0.1, 0.15) is 21.8 Å². The number of pyridine rings is 1. The number of hydrogen-bond donors (Lipinski definition) is 2. The summed E-state index contributed by atoms with van der Waals surface area (Å²) < 4.78 is 0.349. The molecule has 1 aliphatic rings. The summed E-state index contributed by atoms with van der Waals surface area (Å²) in [7, 11) is 0. The van der Waals surface area contributed by atoms with Gasteiger partial charge >= 0.3 is 0 Å². The van der Waals surface area contributed by atoms with Crippen LogP contribution in [0.5, 0.6) is 0 Å². The van der Waals surface area contributed by atoms with Crippen LogP contribution in [0.3, 0.4) is 0 Å². The number of carbonyl (C=O) groups excluding carboxylic acids is 1. The fourth-order valence-electron chi connectivity index (χ4n) is 2.81. The highest BCUT2D eigenvalue weighted by molar-refractivity contribution is 9.10. The summed E-state index contributed by atoms with van der Waals surface area (Å²) in [5, 5.41) is 0. The van der Waals surface area contributed by atoms with Crippen molar-refractivity contribution in [2.24, 2.45) is 5.73 Å². The summed E-state index contributed by atoms with van der Waals surface area (Å²) in [6.45, 7) is 1.09. The average molecular weight is 362 g/mol. The van der Waals surface area contributed by atoms with E-state index in [0.717, 1.165) is 5.56 Å². The van der Waals surface area contributed by atoms with Gasteiger partial charge in [-0.3, -0.25) is 9.59 Å². The maximum absolute atomic E-state index is 12.6. The molecule has 22 heavy (non-hydrogen) atoms. The third kappa shape index (κ3) is 2.84. The van der Waals surface area contributed by atoms with Gasteiger partial charge in [0, 0.05) is 31.2 Å². The predicted molar refractivity (Wildman–Crippen MR) is 87.8 cm³/mol. The Morgan fingerprint density at radius 2 is 2.00 bits per heavy atom. The molecule has 6 heteroatoms. The van der Waals surface area contributed by atoms with Crippen LogP contribution < -0.4 is 11.3 Å². The van der Waals surface area contributed by atoms with E-state index < -0.39 is 0 Å². The van der Waals surface area contributed by atoms with Crippen LogP contribution >= 0.6 is 15.9 Å². The number of amides is 1. The van der Waals surface area contributed by atoms with E-state index in [-0.39, 0.29) is 23.4 Å². The molecule has 2 atom stereocenters. The molecule has 1 aromatic carbocycles. The van der Waals surface area contributed by atoms with Crippen molar-refractivity contribution in [1.29, 1.82) is 0 Å². The molecule has 1 saturated heterocycles. The molecular weight excluding hydrogens is 346 g/mol. The number of carbonyl (C=O) groups is 1. The lowest BCUT2D eigenvalue weighted by atomic mass is 9.95. The van der Waals surface area contributed by atoms with Gasteiger partial charge in [-0.15, -0.1) is 0 Å². The highest BCUT2D eigenvalue weighted by atomic mass is 79.9. The molecule has 0 aliphatic carbocycles. The molecule has 3 rings (SSSR count). The Labute approximate surface area is 136 Å². The first-order valence-corrected chi connectivity index (χ1v) is 7.83. The van der Waals surface area contributed by atoms with Crippen molar-refractivity contribution < 1.29 is 4.79 Å². The second-order valence-corrected chi connectivity index (χ2v) is 6.31.